The van der Waals surface area contributed by atoms with Crippen molar-refractivity contribution in [3.8, 4) is 0 Å². The van der Waals surface area contributed by atoms with Crippen molar-refractivity contribution in [3.05, 3.63) is 47.9 Å². The van der Waals surface area contributed by atoms with E-state index >= 15 is 0 Å². The smallest absolute Gasteiger partial charge is 0.410 e. The van der Waals surface area contributed by atoms with Crippen LogP contribution in [0.4, 0.5) is 4.79 Å². The molecule has 9 nitrogen and oxygen atoms in total. The lowest BCUT2D eigenvalue weighted by Crippen LogP contribution is -2.64. The first-order valence-electron chi connectivity index (χ1n) is 12.8. The minimum Gasteiger partial charge on any atom is -0.488 e. The average molecular weight is 500 g/mol. The predicted octanol–water partition coefficient (Wildman–Crippen LogP) is 2.71. The van der Waals surface area contributed by atoms with Crippen LogP contribution < -0.4 is 5.32 Å². The summed E-state index contributed by atoms with van der Waals surface area (Å²) in [6, 6.07) is 10.5. The lowest BCUT2D eigenvalue weighted by Gasteiger charge is -2.58. The van der Waals surface area contributed by atoms with Crippen LogP contribution in [0.25, 0.3) is 0 Å². The number of benzene rings is 1. The molecular weight excluding hydrogens is 458 g/mol. The van der Waals surface area contributed by atoms with Crippen LogP contribution in [0.1, 0.15) is 31.7 Å². The Morgan fingerprint density at radius 1 is 1.33 bits per heavy atom. The SMILES string of the molecule is C=N/C=C(\C=NCCN(CCNC)C(=O)OC1CC2(C1)CN(Cc1ccccc1)C2)OCC(O)CC. The molecule has 198 valence electrons. The lowest BCUT2D eigenvalue weighted by atomic mass is 9.61. The molecule has 1 amide bonds. The van der Waals surface area contributed by atoms with Crippen molar-refractivity contribution in [3.63, 3.8) is 0 Å². The zero-order valence-electron chi connectivity index (χ0n) is 21.6. The molecule has 2 aliphatic rings. The van der Waals surface area contributed by atoms with Gasteiger partial charge in [0.1, 0.15) is 12.7 Å². The highest BCUT2D eigenvalue weighted by molar-refractivity contribution is 5.76. The normalized spacial score (nSPS) is 18.5. The van der Waals surface area contributed by atoms with Gasteiger partial charge in [-0.05, 0) is 38.6 Å². The van der Waals surface area contributed by atoms with Gasteiger partial charge in [-0.25, -0.2) is 4.79 Å². The van der Waals surface area contributed by atoms with Crippen LogP contribution in [0.3, 0.4) is 0 Å². The number of nitrogens with zero attached hydrogens (tertiary/aromatic N) is 4. The van der Waals surface area contributed by atoms with Crippen LogP contribution in [-0.2, 0) is 16.0 Å². The summed E-state index contributed by atoms with van der Waals surface area (Å²) in [5.41, 5.74) is 1.65. The molecule has 1 saturated heterocycles. The molecule has 1 atom stereocenters. The van der Waals surface area contributed by atoms with Gasteiger partial charge in [0.2, 0.25) is 0 Å². The van der Waals surface area contributed by atoms with E-state index in [9.17, 15) is 9.90 Å². The highest BCUT2D eigenvalue weighted by atomic mass is 16.6. The van der Waals surface area contributed by atoms with Gasteiger partial charge < -0.3 is 24.8 Å². The van der Waals surface area contributed by atoms with Crippen LogP contribution in [0.5, 0.6) is 0 Å². The van der Waals surface area contributed by atoms with E-state index in [-0.39, 0.29) is 18.8 Å². The molecule has 1 spiro atoms. The molecule has 1 aromatic carbocycles. The fraction of sp³-hybridized carbons (Fsp3) is 0.593. The van der Waals surface area contributed by atoms with E-state index in [0.717, 1.165) is 32.5 Å². The van der Waals surface area contributed by atoms with Crippen molar-refractivity contribution in [2.45, 2.75) is 44.9 Å². The number of aliphatic imine (C=N–C) groups is 2. The van der Waals surface area contributed by atoms with Gasteiger partial charge in [0.05, 0.1) is 25.1 Å². The molecule has 9 heteroatoms. The molecule has 1 unspecified atom stereocenters. The molecule has 1 aliphatic carbocycles. The maximum Gasteiger partial charge on any atom is 0.410 e. The second-order valence-corrected chi connectivity index (χ2v) is 9.76. The molecule has 0 radical (unpaired) electrons. The van der Waals surface area contributed by atoms with E-state index in [2.05, 4.69) is 51.2 Å². The van der Waals surface area contributed by atoms with Gasteiger partial charge in [-0.1, -0.05) is 37.3 Å². The van der Waals surface area contributed by atoms with Crippen LogP contribution in [0, 0.1) is 5.41 Å². The Hall–Kier alpha value is -2.75. The Morgan fingerprint density at radius 2 is 2.08 bits per heavy atom. The highest BCUT2D eigenvalue weighted by Crippen LogP contribution is 2.50. The third-order valence-electron chi connectivity index (χ3n) is 6.70. The number of likely N-dealkylation sites (N-methyl/N-ethyl adjacent to an activating group) is 1. The van der Waals surface area contributed by atoms with Crippen molar-refractivity contribution in [1.82, 2.24) is 15.1 Å². The Labute approximate surface area is 214 Å². The number of carbonyl (C=O) groups excluding carboxylic acids is 1. The van der Waals surface area contributed by atoms with Crippen molar-refractivity contribution >= 4 is 19.0 Å². The summed E-state index contributed by atoms with van der Waals surface area (Å²) in [7, 11) is 1.86. The molecule has 3 rings (SSSR count). The average Bonchev–Trinajstić information content (AvgIpc) is 2.84. The van der Waals surface area contributed by atoms with Gasteiger partial charge in [0.15, 0.2) is 5.76 Å². The molecule has 1 aromatic rings. The Morgan fingerprint density at radius 3 is 2.75 bits per heavy atom. The number of aliphatic hydroxyl groups is 1. The topological polar surface area (TPSA) is 99.0 Å². The summed E-state index contributed by atoms with van der Waals surface area (Å²) in [5.74, 6) is 0.420. The van der Waals surface area contributed by atoms with Crippen molar-refractivity contribution in [1.29, 1.82) is 0 Å². The minimum atomic E-state index is -0.545. The van der Waals surface area contributed by atoms with Crippen LogP contribution >= 0.6 is 0 Å². The number of likely N-dealkylation sites (tertiary alicyclic amines) is 1. The number of nitrogens with one attached hydrogen (secondary N) is 1. The molecular formula is C27H41N5O4. The maximum atomic E-state index is 12.8. The summed E-state index contributed by atoms with van der Waals surface area (Å²) in [5, 5.41) is 12.8. The molecule has 1 aliphatic heterocycles. The van der Waals surface area contributed by atoms with Gasteiger partial charge in [0, 0.05) is 44.7 Å². The van der Waals surface area contributed by atoms with Gasteiger partial charge >= 0.3 is 6.09 Å². The largest absolute Gasteiger partial charge is 0.488 e. The summed E-state index contributed by atoms with van der Waals surface area (Å²) >= 11 is 0. The third kappa shape index (κ3) is 8.43. The van der Waals surface area contributed by atoms with E-state index < -0.39 is 6.10 Å². The number of hydrogen-bond acceptors (Lipinski definition) is 8. The quantitative estimate of drug-likeness (QED) is 0.284. The number of hydrogen-bond donors (Lipinski definition) is 2. The predicted molar refractivity (Wildman–Crippen MR) is 142 cm³/mol. The molecule has 2 fully saturated rings. The molecule has 0 aromatic heterocycles. The van der Waals surface area contributed by atoms with Crippen molar-refractivity contribution in [2.75, 3.05) is 52.9 Å². The number of allylic oxidation sites excluding steroid dienone is 1. The third-order valence-corrected chi connectivity index (χ3v) is 6.70. The lowest BCUT2D eigenvalue weighted by molar-refractivity contribution is -0.135. The first kappa shape index (κ1) is 27.8. The first-order valence-corrected chi connectivity index (χ1v) is 12.8. The number of amides is 1. The molecule has 2 N–H and O–H groups in total. The van der Waals surface area contributed by atoms with Crippen LogP contribution in [-0.4, -0.2) is 99.1 Å². The van der Waals surface area contributed by atoms with Gasteiger partial charge in [-0.15, -0.1) is 0 Å². The zero-order valence-corrected chi connectivity index (χ0v) is 21.6. The number of aliphatic hydroxyl groups excluding tert-OH is 1. The second kappa shape index (κ2) is 14.1. The fourth-order valence-electron chi connectivity index (χ4n) is 4.70. The van der Waals surface area contributed by atoms with E-state index in [1.807, 2.05) is 20.0 Å². The first-order chi connectivity index (χ1) is 17.5. The Kier molecular flexibility index (Phi) is 10.9. The molecule has 1 saturated carbocycles. The standard InChI is InChI=1S/C27H41N5O4/c1-4-23(33)19-35-25(16-29-3)17-30-11-13-32(12-10-28-2)26(34)36-24-14-27(15-24)20-31(21-27)18-22-8-6-5-7-9-22/h5-9,16-17,23-24,28,33H,3-4,10-15,18-21H2,1-2H3/b25-16+,30-17?. The van der Waals surface area contributed by atoms with Gasteiger partial charge in [0.25, 0.3) is 0 Å². The van der Waals surface area contributed by atoms with Gasteiger partial charge in [-0.2, -0.15) is 0 Å². The van der Waals surface area contributed by atoms with E-state index in [4.69, 9.17) is 9.47 Å². The summed E-state index contributed by atoms with van der Waals surface area (Å²) in [6.07, 6.45) is 4.63. The number of carbonyl (C=O) groups is 1. The second-order valence-electron chi connectivity index (χ2n) is 9.76. The van der Waals surface area contributed by atoms with Crippen molar-refractivity contribution < 1.29 is 19.4 Å². The summed E-state index contributed by atoms with van der Waals surface area (Å²) < 4.78 is 11.3. The van der Waals surface area contributed by atoms with Crippen molar-refractivity contribution in [2.24, 2.45) is 15.4 Å². The minimum absolute atomic E-state index is 0.0106. The van der Waals surface area contributed by atoms with E-state index in [0.29, 0.717) is 43.8 Å². The summed E-state index contributed by atoms with van der Waals surface area (Å²) in [6.45, 7) is 10.7. The molecule has 0 bridgehead atoms. The maximum absolute atomic E-state index is 12.8. The zero-order chi connectivity index (χ0) is 25.8. The number of ether oxygens (including phenoxy) is 2. The van der Waals surface area contributed by atoms with Crippen LogP contribution in [0.15, 0.2) is 52.3 Å². The summed E-state index contributed by atoms with van der Waals surface area (Å²) in [4.78, 5) is 25.1. The number of rotatable bonds is 15. The molecule has 1 heterocycles. The molecule has 36 heavy (non-hydrogen) atoms. The Bertz CT molecular complexity index is 877. The monoisotopic (exact) mass is 499 g/mol. The highest BCUT2D eigenvalue weighted by Gasteiger charge is 2.53. The van der Waals surface area contributed by atoms with Gasteiger partial charge in [-0.3, -0.25) is 14.9 Å². The van der Waals surface area contributed by atoms with E-state index in [1.165, 1.54) is 11.8 Å². The van der Waals surface area contributed by atoms with E-state index in [1.54, 1.807) is 11.1 Å². The Balaban J connectivity index is 1.39. The fourth-order valence-corrected chi connectivity index (χ4v) is 4.70. The van der Waals surface area contributed by atoms with Crippen LogP contribution in [0.2, 0.25) is 0 Å².